The van der Waals surface area contributed by atoms with Gasteiger partial charge in [-0.3, -0.25) is 19.2 Å². The topological polar surface area (TPSA) is 193 Å². The first-order valence-corrected chi connectivity index (χ1v) is 18.8. The minimum atomic E-state index is -1.95. The minimum absolute atomic E-state index is 0. The van der Waals surface area contributed by atoms with Crippen LogP contribution in [0.25, 0.3) is 0 Å². The third-order valence-corrected chi connectivity index (χ3v) is 8.48. The highest BCUT2D eigenvalue weighted by molar-refractivity contribution is 7.33. The summed E-state index contributed by atoms with van der Waals surface area (Å²) >= 11 is 0. The molecule has 17 heteroatoms. The Morgan fingerprint density at radius 2 is 1.38 bits per heavy atom. The lowest BCUT2D eigenvalue weighted by atomic mass is 9.97. The van der Waals surface area contributed by atoms with Crippen LogP contribution >= 0.6 is 33.1 Å². The Labute approximate surface area is 324 Å². The molecule has 302 valence electrons. The molecule has 0 heterocycles. The van der Waals surface area contributed by atoms with E-state index in [2.05, 4.69) is 22.9 Å². The van der Waals surface area contributed by atoms with Gasteiger partial charge in [0.2, 0.25) is 23.6 Å². The molecule has 0 radical (unpaired) electrons. The summed E-state index contributed by atoms with van der Waals surface area (Å²) in [6.07, 6.45) is 6.39. The van der Waals surface area contributed by atoms with Crippen molar-refractivity contribution in [1.82, 2.24) is 25.8 Å². The van der Waals surface area contributed by atoms with Crippen LogP contribution in [0, 0.1) is 5.92 Å². The molecule has 1 aromatic carbocycles. The zero-order valence-electron chi connectivity index (χ0n) is 32.2. The SMILES string of the molecule is CCCCCC(=O)N[C@@H](Cc1ccc(O)cc1)C(=O)N[C@H](C(=O)NCCCCCC(N)=O)[C@@H](C)CC.CN(C)CCO[P+](=O)OCCN(C)C.Cl.Cl. The summed E-state index contributed by atoms with van der Waals surface area (Å²) in [4.78, 5) is 53.5. The van der Waals surface area contributed by atoms with Gasteiger partial charge in [-0.15, -0.1) is 33.9 Å². The smallest absolute Gasteiger partial charge is 0.508 e. The number of hydrogen-bond donors (Lipinski definition) is 5. The molecular formula is C35H66Cl2N6O8P+. The van der Waals surface area contributed by atoms with E-state index < -0.39 is 26.2 Å². The number of hydrogen-bond acceptors (Lipinski definition) is 10. The Morgan fingerprint density at radius 3 is 1.88 bits per heavy atom. The van der Waals surface area contributed by atoms with E-state index in [4.69, 9.17) is 14.8 Å². The molecule has 0 aliphatic heterocycles. The maximum absolute atomic E-state index is 13.3. The van der Waals surface area contributed by atoms with E-state index >= 15 is 0 Å². The van der Waals surface area contributed by atoms with Crippen LogP contribution in [0.2, 0.25) is 0 Å². The van der Waals surface area contributed by atoms with E-state index in [1.807, 2.05) is 51.8 Å². The molecular weight excluding hydrogens is 734 g/mol. The number of phenolic OH excluding ortho intramolecular Hbond substituents is 1. The van der Waals surface area contributed by atoms with E-state index in [0.29, 0.717) is 51.9 Å². The monoisotopic (exact) mass is 799 g/mol. The number of carbonyl (C=O) groups is 4. The minimum Gasteiger partial charge on any atom is -0.508 e. The predicted molar refractivity (Wildman–Crippen MR) is 211 cm³/mol. The number of halogens is 2. The number of nitrogens with zero attached hydrogens (tertiary/aromatic N) is 2. The Bertz CT molecular complexity index is 1120. The van der Waals surface area contributed by atoms with Crippen molar-refractivity contribution >= 4 is 56.7 Å². The summed E-state index contributed by atoms with van der Waals surface area (Å²) in [7, 11) is 5.79. The molecule has 1 rings (SSSR count). The van der Waals surface area contributed by atoms with E-state index in [1.54, 1.807) is 12.1 Å². The van der Waals surface area contributed by atoms with Gasteiger partial charge in [0.15, 0.2) is 0 Å². The predicted octanol–water partition coefficient (Wildman–Crippen LogP) is 4.34. The Balaban J connectivity index is -0.00000127. The molecule has 3 atom stereocenters. The highest BCUT2D eigenvalue weighted by atomic mass is 35.5. The molecule has 0 aromatic heterocycles. The average Bonchev–Trinajstić information content (AvgIpc) is 3.05. The molecule has 0 bridgehead atoms. The average molecular weight is 801 g/mol. The largest absolute Gasteiger partial charge is 0.697 e. The molecule has 6 N–H and O–H groups in total. The fourth-order valence-electron chi connectivity index (χ4n) is 4.39. The quantitative estimate of drug-likeness (QED) is 0.0666. The first-order valence-electron chi connectivity index (χ1n) is 17.7. The van der Waals surface area contributed by atoms with Crippen molar-refractivity contribution in [3.05, 3.63) is 29.8 Å². The van der Waals surface area contributed by atoms with Crippen molar-refractivity contribution in [2.24, 2.45) is 11.7 Å². The number of benzene rings is 1. The van der Waals surface area contributed by atoms with Crippen molar-refractivity contribution in [3.63, 3.8) is 0 Å². The number of nitrogens with one attached hydrogen (secondary N) is 3. The molecule has 0 spiro atoms. The van der Waals surface area contributed by atoms with Crippen LogP contribution in [-0.2, 0) is 39.2 Å². The Morgan fingerprint density at radius 1 is 0.827 bits per heavy atom. The van der Waals surface area contributed by atoms with Crippen LogP contribution < -0.4 is 21.7 Å². The number of carbonyl (C=O) groups excluding carboxylic acids is 4. The summed E-state index contributed by atoms with van der Waals surface area (Å²) < 4.78 is 21.0. The number of primary amides is 1. The van der Waals surface area contributed by atoms with Crippen LogP contribution in [0.15, 0.2) is 24.3 Å². The van der Waals surface area contributed by atoms with Crippen molar-refractivity contribution in [2.75, 3.05) is 61.0 Å². The molecule has 0 fully saturated rings. The number of amides is 4. The third kappa shape index (κ3) is 28.9. The zero-order chi connectivity index (χ0) is 37.9. The number of unbranched alkanes of at least 4 members (excludes halogenated alkanes) is 4. The van der Waals surface area contributed by atoms with Gasteiger partial charge in [0, 0.05) is 43.5 Å². The van der Waals surface area contributed by atoms with Crippen LogP contribution in [0.3, 0.4) is 0 Å². The van der Waals surface area contributed by atoms with Crippen LogP contribution in [-0.4, -0.2) is 112 Å². The molecule has 1 aromatic rings. The van der Waals surface area contributed by atoms with Crippen molar-refractivity contribution in [2.45, 2.75) is 97.1 Å². The number of nitrogens with two attached hydrogens (primary N) is 1. The summed E-state index contributed by atoms with van der Waals surface area (Å²) in [5.74, 6) is -1.23. The molecule has 0 saturated carbocycles. The maximum Gasteiger partial charge on any atom is 0.697 e. The highest BCUT2D eigenvalue weighted by Crippen LogP contribution is 2.22. The molecule has 14 nitrogen and oxygen atoms in total. The highest BCUT2D eigenvalue weighted by Gasteiger charge is 2.30. The second-order valence-electron chi connectivity index (χ2n) is 12.9. The Kier molecular flexibility index (Phi) is 34.1. The zero-order valence-corrected chi connectivity index (χ0v) is 34.7. The molecule has 0 saturated heterocycles. The number of likely N-dealkylation sites (N-methyl/N-ethyl adjacent to an activating group) is 2. The van der Waals surface area contributed by atoms with Gasteiger partial charge in [0.05, 0.1) is 0 Å². The first kappa shape index (κ1) is 53.8. The number of aromatic hydroxyl groups is 1. The third-order valence-electron chi connectivity index (χ3n) is 7.70. The summed E-state index contributed by atoms with van der Waals surface area (Å²) in [5, 5.41) is 18.1. The molecule has 0 aliphatic carbocycles. The second-order valence-corrected chi connectivity index (χ2v) is 13.8. The van der Waals surface area contributed by atoms with Gasteiger partial charge in [-0.05, 0) is 71.1 Å². The maximum atomic E-state index is 13.3. The van der Waals surface area contributed by atoms with Crippen LogP contribution in [0.4, 0.5) is 0 Å². The van der Waals surface area contributed by atoms with E-state index in [0.717, 1.165) is 44.3 Å². The van der Waals surface area contributed by atoms with Gasteiger partial charge >= 0.3 is 8.25 Å². The second kappa shape index (κ2) is 33.0. The van der Waals surface area contributed by atoms with Crippen molar-refractivity contribution < 1.29 is 37.9 Å². The van der Waals surface area contributed by atoms with Gasteiger partial charge in [-0.2, -0.15) is 0 Å². The van der Waals surface area contributed by atoms with Gasteiger partial charge < -0.3 is 36.6 Å². The molecule has 0 unspecified atom stereocenters. The van der Waals surface area contributed by atoms with Gasteiger partial charge in [-0.25, -0.2) is 0 Å². The van der Waals surface area contributed by atoms with Crippen LogP contribution in [0.5, 0.6) is 5.75 Å². The van der Waals surface area contributed by atoms with E-state index in [1.165, 1.54) is 12.1 Å². The molecule has 52 heavy (non-hydrogen) atoms. The van der Waals surface area contributed by atoms with Crippen molar-refractivity contribution in [1.29, 1.82) is 0 Å². The number of rotatable bonds is 26. The fourth-order valence-corrected chi connectivity index (χ4v) is 4.93. The molecule has 0 aliphatic rings. The lowest BCUT2D eigenvalue weighted by Gasteiger charge is -2.26. The van der Waals surface area contributed by atoms with E-state index in [9.17, 15) is 28.8 Å². The lowest BCUT2D eigenvalue weighted by molar-refractivity contribution is -0.133. The normalized spacial score (nSPS) is 12.2. The van der Waals surface area contributed by atoms with Crippen LogP contribution in [0.1, 0.15) is 84.1 Å². The summed E-state index contributed by atoms with van der Waals surface area (Å²) in [5.41, 5.74) is 5.92. The Hall–Kier alpha value is -2.58. The summed E-state index contributed by atoms with van der Waals surface area (Å²) in [6.45, 7) is 8.70. The first-order chi connectivity index (χ1) is 23.7. The van der Waals surface area contributed by atoms with Gasteiger partial charge in [0.1, 0.15) is 31.0 Å². The molecule has 4 amide bonds. The number of phenols is 1. The fraction of sp³-hybridized carbons (Fsp3) is 0.714. The standard InChI is InChI=1S/C27H44N4O5.C8H20N2O3P.2ClH/c1-4-6-8-12-24(34)30-22(18-20-13-15-21(32)16-14-20)26(35)31-25(19(3)5-2)27(36)29-17-10-7-9-11-23(28)33;1-9(2)5-7-12-14(11)13-8-6-10(3)4;;/h13-16,19,22,25,32H,4-12,17-18H2,1-3H3,(H2,28,33)(H,29,36)(H,30,34)(H,31,35);5-8H2,1-4H3;2*1H/q;+1;;/t19-,22-,25-;;;/m0.../s1. The van der Waals surface area contributed by atoms with E-state index in [-0.39, 0.29) is 60.6 Å². The summed E-state index contributed by atoms with van der Waals surface area (Å²) in [6, 6.07) is 4.88. The lowest BCUT2D eigenvalue weighted by Crippen LogP contribution is -2.56. The van der Waals surface area contributed by atoms with Gasteiger partial charge in [0.25, 0.3) is 0 Å². The van der Waals surface area contributed by atoms with Crippen molar-refractivity contribution in [3.8, 4) is 5.75 Å². The van der Waals surface area contributed by atoms with Gasteiger partial charge in [-0.1, -0.05) is 58.6 Å².